The van der Waals surface area contributed by atoms with Crippen molar-refractivity contribution < 1.29 is 29.3 Å². The molecule has 2 atom stereocenters. The van der Waals surface area contributed by atoms with Gasteiger partial charge in [-0.15, -0.1) is 23.1 Å². The number of benzene rings is 1. The number of carbonyl (C=O) groups is 3. The normalized spacial score (nSPS) is 19.3. The van der Waals surface area contributed by atoms with Crippen molar-refractivity contribution in [2.75, 3.05) is 5.75 Å². The Kier molecular flexibility index (Phi) is 6.66. The van der Waals surface area contributed by atoms with Crippen LogP contribution in [0.4, 0.5) is 11.4 Å². The van der Waals surface area contributed by atoms with Crippen LogP contribution in [0.5, 0.6) is 0 Å². The number of carboxylic acid groups (broad SMARTS) is 1. The average Bonchev–Trinajstić information content (AvgIpc) is 3.33. The van der Waals surface area contributed by atoms with Crippen LogP contribution in [0.15, 0.2) is 53.1 Å². The van der Waals surface area contributed by atoms with Gasteiger partial charge in [0.05, 0.1) is 27.9 Å². The molecule has 1 aromatic heterocycles. The maximum atomic E-state index is 12.7. The number of aliphatic carboxylic acids is 1. The first-order valence-electron chi connectivity index (χ1n) is 10.0. The third-order valence-electron chi connectivity index (χ3n) is 5.32. The van der Waals surface area contributed by atoms with E-state index in [1.54, 1.807) is 6.07 Å². The molecule has 14 heteroatoms. The number of nitro benzene ring substituents is 2. The Labute approximate surface area is 205 Å². The molecule has 4 rings (SSSR count). The van der Waals surface area contributed by atoms with E-state index in [1.165, 1.54) is 41.3 Å². The topological polar surface area (TPSA) is 173 Å². The molecular weight excluding hydrogens is 500 g/mol. The van der Waals surface area contributed by atoms with E-state index >= 15 is 0 Å². The van der Waals surface area contributed by atoms with E-state index in [0.717, 1.165) is 21.9 Å². The largest absolute Gasteiger partial charge is 0.477 e. The molecule has 0 saturated carbocycles. The fourth-order valence-corrected chi connectivity index (χ4v) is 5.72. The zero-order valence-corrected chi connectivity index (χ0v) is 19.3. The highest BCUT2D eigenvalue weighted by Gasteiger charge is 2.53. The summed E-state index contributed by atoms with van der Waals surface area (Å²) >= 11 is 2.66. The molecule has 2 amide bonds. The van der Waals surface area contributed by atoms with Crippen molar-refractivity contribution in [3.05, 3.63) is 83.7 Å². The molecule has 12 nitrogen and oxygen atoms in total. The van der Waals surface area contributed by atoms with Crippen molar-refractivity contribution in [1.29, 1.82) is 0 Å². The maximum Gasteiger partial charge on any atom is 0.352 e. The summed E-state index contributed by atoms with van der Waals surface area (Å²) in [5.74, 6) is -2.09. The number of allylic oxidation sites excluding steroid dienone is 1. The number of carbonyl (C=O) groups excluding carboxylic acids is 2. The molecule has 1 aromatic carbocycles. The summed E-state index contributed by atoms with van der Waals surface area (Å²) in [7, 11) is 0. The number of nitro groups is 2. The third-order valence-corrected chi connectivity index (χ3v) is 7.50. The predicted molar refractivity (Wildman–Crippen MR) is 126 cm³/mol. The number of rotatable bonds is 8. The highest BCUT2D eigenvalue weighted by molar-refractivity contribution is 8.00. The number of hydrogen-bond donors (Lipinski definition) is 2. The smallest absolute Gasteiger partial charge is 0.352 e. The van der Waals surface area contributed by atoms with Crippen LogP contribution in [0, 0.1) is 20.2 Å². The van der Waals surface area contributed by atoms with Crippen LogP contribution in [0.25, 0.3) is 6.08 Å². The van der Waals surface area contributed by atoms with Crippen molar-refractivity contribution in [1.82, 2.24) is 10.2 Å². The van der Waals surface area contributed by atoms with Crippen molar-refractivity contribution in [2.24, 2.45) is 0 Å². The zero-order valence-electron chi connectivity index (χ0n) is 17.7. The second-order valence-electron chi connectivity index (χ2n) is 7.48. The van der Waals surface area contributed by atoms with E-state index in [4.69, 9.17) is 0 Å². The Morgan fingerprint density at radius 3 is 2.60 bits per heavy atom. The number of non-ortho nitro benzene ring substituents is 1. The number of thioether (sulfide) groups is 1. The molecule has 180 valence electrons. The van der Waals surface area contributed by atoms with Crippen LogP contribution >= 0.6 is 23.1 Å². The molecule has 2 aliphatic heterocycles. The van der Waals surface area contributed by atoms with Crippen LogP contribution in [0.2, 0.25) is 0 Å². The predicted octanol–water partition coefficient (Wildman–Crippen LogP) is 2.56. The number of carboxylic acids is 1. The molecule has 2 aliphatic rings. The van der Waals surface area contributed by atoms with Crippen molar-refractivity contribution in [3.8, 4) is 0 Å². The standard InChI is InChI=1S/C21H16N4O8S2/c26-16(9-14-2-1-7-34-14)22-17-19(27)23-18(21(28)29)12(10-35-20(17)23)4-3-11-5-6-13(24(30)31)8-15(11)25(32)33/h1-8,17,20H,9-10H2,(H,22,26)(H,28,29)/b4-3+/t17-,20-/m0/s1. The van der Waals surface area contributed by atoms with E-state index in [1.807, 2.05) is 11.4 Å². The van der Waals surface area contributed by atoms with Gasteiger partial charge in [0.15, 0.2) is 0 Å². The molecule has 0 bridgehead atoms. The first-order chi connectivity index (χ1) is 16.7. The molecule has 0 unspecified atom stereocenters. The van der Waals surface area contributed by atoms with Gasteiger partial charge < -0.3 is 10.4 Å². The maximum absolute atomic E-state index is 12.7. The highest BCUT2D eigenvalue weighted by atomic mass is 32.2. The lowest BCUT2D eigenvalue weighted by Gasteiger charge is -2.49. The van der Waals surface area contributed by atoms with Gasteiger partial charge in [-0.25, -0.2) is 4.79 Å². The average molecular weight is 517 g/mol. The summed E-state index contributed by atoms with van der Waals surface area (Å²) in [6, 6.07) is 5.87. The third kappa shape index (κ3) is 4.79. The van der Waals surface area contributed by atoms with Crippen molar-refractivity contribution in [2.45, 2.75) is 17.8 Å². The molecular formula is C21H16N4O8S2. The lowest BCUT2D eigenvalue weighted by Crippen LogP contribution is -2.70. The van der Waals surface area contributed by atoms with E-state index in [9.17, 15) is 39.7 Å². The van der Waals surface area contributed by atoms with Crippen LogP contribution in [-0.2, 0) is 20.8 Å². The molecule has 35 heavy (non-hydrogen) atoms. The first-order valence-corrected chi connectivity index (χ1v) is 11.9. The molecule has 0 aliphatic carbocycles. The lowest BCUT2D eigenvalue weighted by molar-refractivity contribution is -0.394. The Balaban J connectivity index is 1.55. The zero-order chi connectivity index (χ0) is 25.3. The number of thiophene rings is 1. The number of β-lactam (4-membered cyclic amide) rings is 1. The Morgan fingerprint density at radius 2 is 1.97 bits per heavy atom. The quantitative estimate of drug-likeness (QED) is 0.304. The molecule has 0 radical (unpaired) electrons. The van der Waals surface area contributed by atoms with E-state index in [-0.39, 0.29) is 34.9 Å². The minimum Gasteiger partial charge on any atom is -0.477 e. The van der Waals surface area contributed by atoms with Crippen LogP contribution in [0.1, 0.15) is 10.4 Å². The fourth-order valence-electron chi connectivity index (χ4n) is 3.70. The Morgan fingerprint density at radius 1 is 1.20 bits per heavy atom. The molecule has 1 fully saturated rings. The van der Waals surface area contributed by atoms with Gasteiger partial charge in [0.1, 0.15) is 17.1 Å². The number of fused-ring (bicyclic) bond motifs is 1. The second kappa shape index (κ2) is 9.68. The van der Waals surface area contributed by atoms with Gasteiger partial charge in [-0.1, -0.05) is 12.1 Å². The molecule has 1 saturated heterocycles. The van der Waals surface area contributed by atoms with Gasteiger partial charge in [0.2, 0.25) is 5.91 Å². The number of amides is 2. The van der Waals surface area contributed by atoms with E-state index < -0.39 is 44.5 Å². The second-order valence-corrected chi connectivity index (χ2v) is 9.62. The van der Waals surface area contributed by atoms with Gasteiger partial charge in [-0.2, -0.15) is 0 Å². The number of nitrogens with zero attached hydrogens (tertiary/aromatic N) is 3. The Hall–Kier alpha value is -4.04. The summed E-state index contributed by atoms with van der Waals surface area (Å²) in [4.78, 5) is 59.7. The van der Waals surface area contributed by atoms with Crippen molar-refractivity contribution >= 4 is 58.3 Å². The van der Waals surface area contributed by atoms with Crippen LogP contribution in [-0.4, -0.2) is 54.8 Å². The van der Waals surface area contributed by atoms with Gasteiger partial charge in [0.25, 0.3) is 17.3 Å². The highest BCUT2D eigenvalue weighted by Crippen LogP contribution is 2.41. The van der Waals surface area contributed by atoms with Crippen molar-refractivity contribution in [3.63, 3.8) is 0 Å². The summed E-state index contributed by atoms with van der Waals surface area (Å²) < 4.78 is 0. The van der Waals surface area contributed by atoms with Gasteiger partial charge in [-0.05, 0) is 29.2 Å². The van der Waals surface area contributed by atoms with E-state index in [2.05, 4.69) is 5.32 Å². The molecule has 2 N–H and O–H groups in total. The van der Waals surface area contributed by atoms with E-state index in [0.29, 0.717) is 0 Å². The van der Waals surface area contributed by atoms with Crippen LogP contribution in [0.3, 0.4) is 0 Å². The SMILES string of the molecule is O=C(Cc1cccs1)N[C@H]1C(=O)N2C(C(=O)O)=C(/C=C/c3ccc([N+](=O)[O-])cc3[N+](=O)[O-])CS[C@@H]12. The minimum absolute atomic E-state index is 0.0404. The molecule has 2 aromatic rings. The molecule has 3 heterocycles. The van der Waals surface area contributed by atoms with Gasteiger partial charge >= 0.3 is 5.97 Å². The Bertz CT molecular complexity index is 1300. The minimum atomic E-state index is -1.36. The fraction of sp³-hybridized carbons (Fsp3) is 0.190. The van der Waals surface area contributed by atoms with Gasteiger partial charge in [0, 0.05) is 16.7 Å². The number of nitrogens with one attached hydrogen (secondary N) is 1. The number of hydrogen-bond acceptors (Lipinski definition) is 9. The summed E-state index contributed by atoms with van der Waals surface area (Å²) in [5.41, 5.74) is -0.957. The molecule has 0 spiro atoms. The first kappa shape index (κ1) is 24.1. The monoisotopic (exact) mass is 516 g/mol. The van der Waals surface area contributed by atoms with Crippen LogP contribution < -0.4 is 5.32 Å². The lowest BCUT2D eigenvalue weighted by atomic mass is 10.0. The summed E-state index contributed by atoms with van der Waals surface area (Å²) in [5, 5.41) is 35.9. The summed E-state index contributed by atoms with van der Waals surface area (Å²) in [6.45, 7) is 0. The summed E-state index contributed by atoms with van der Waals surface area (Å²) in [6.07, 6.45) is 2.74. The van der Waals surface area contributed by atoms with Gasteiger partial charge in [-0.3, -0.25) is 34.7 Å².